The van der Waals surface area contributed by atoms with Crippen molar-refractivity contribution >= 4 is 0 Å². The first kappa shape index (κ1) is 16.6. The third kappa shape index (κ3) is 4.61. The van der Waals surface area contributed by atoms with Gasteiger partial charge in [-0.15, -0.1) is 0 Å². The van der Waals surface area contributed by atoms with E-state index in [1.807, 2.05) is 44.2 Å². The lowest BCUT2D eigenvalue weighted by Crippen LogP contribution is -2.30. The second kappa shape index (κ2) is 8.01. The number of rotatable bonds is 8. The number of likely N-dealkylation sites (N-methyl/N-ethyl adjacent to an activating group) is 1. The number of nitrogens with zero attached hydrogens (tertiary/aromatic N) is 1. The van der Waals surface area contributed by atoms with Gasteiger partial charge in [0, 0.05) is 18.7 Å². The molecule has 0 spiro atoms. The fourth-order valence-electron chi connectivity index (χ4n) is 2.38. The summed E-state index contributed by atoms with van der Waals surface area (Å²) in [6.07, 6.45) is 1.90. The molecule has 0 saturated carbocycles. The minimum absolute atomic E-state index is 0.179. The van der Waals surface area contributed by atoms with Crippen LogP contribution in [-0.2, 0) is 6.54 Å². The Labute approximate surface area is 133 Å². The van der Waals surface area contributed by atoms with Gasteiger partial charge in [-0.2, -0.15) is 0 Å². The molecule has 1 aromatic heterocycles. The van der Waals surface area contributed by atoms with Gasteiger partial charge in [-0.3, -0.25) is 4.90 Å². The Morgan fingerprint density at radius 3 is 2.55 bits per heavy atom. The maximum absolute atomic E-state index is 5.85. The molecule has 0 bridgehead atoms. The number of benzene rings is 1. The van der Waals surface area contributed by atoms with Gasteiger partial charge in [0.25, 0.3) is 0 Å². The van der Waals surface area contributed by atoms with Gasteiger partial charge in [0.1, 0.15) is 11.5 Å². The molecular weight excluding hydrogens is 276 g/mol. The van der Waals surface area contributed by atoms with Crippen molar-refractivity contribution in [2.75, 3.05) is 20.6 Å². The molecule has 0 aliphatic heterocycles. The number of ether oxygens (including phenoxy) is 1. The van der Waals surface area contributed by atoms with Crippen LogP contribution >= 0.6 is 0 Å². The van der Waals surface area contributed by atoms with E-state index in [0.29, 0.717) is 0 Å². The minimum Gasteiger partial charge on any atom is -0.491 e. The molecule has 1 heterocycles. The quantitative estimate of drug-likeness (QED) is 0.810. The Bertz CT molecular complexity index is 550. The molecule has 1 unspecified atom stereocenters. The van der Waals surface area contributed by atoms with Crippen LogP contribution in [0.1, 0.15) is 31.2 Å². The van der Waals surface area contributed by atoms with Crippen LogP contribution in [0, 0.1) is 0 Å². The summed E-state index contributed by atoms with van der Waals surface area (Å²) in [6.45, 7) is 5.68. The normalized spacial score (nSPS) is 12.8. The van der Waals surface area contributed by atoms with E-state index >= 15 is 0 Å². The molecule has 0 amide bonds. The highest BCUT2D eigenvalue weighted by molar-refractivity contribution is 5.33. The predicted molar refractivity (Wildman–Crippen MR) is 89.0 cm³/mol. The third-order valence-electron chi connectivity index (χ3n) is 3.48. The highest BCUT2D eigenvalue weighted by Crippen LogP contribution is 2.21. The van der Waals surface area contributed by atoms with E-state index in [9.17, 15) is 0 Å². The minimum atomic E-state index is 0.179. The van der Waals surface area contributed by atoms with Gasteiger partial charge in [-0.1, -0.05) is 18.2 Å². The summed E-state index contributed by atoms with van der Waals surface area (Å²) in [6, 6.07) is 12.3. The predicted octanol–water partition coefficient (Wildman–Crippen LogP) is 3.46. The van der Waals surface area contributed by atoms with Crippen molar-refractivity contribution in [1.29, 1.82) is 0 Å². The van der Waals surface area contributed by atoms with Crippen LogP contribution in [0.15, 0.2) is 47.1 Å². The molecule has 22 heavy (non-hydrogen) atoms. The lowest BCUT2D eigenvalue weighted by Gasteiger charge is -2.23. The van der Waals surface area contributed by atoms with E-state index in [-0.39, 0.29) is 12.1 Å². The van der Waals surface area contributed by atoms with Gasteiger partial charge in [-0.05, 0) is 46.1 Å². The van der Waals surface area contributed by atoms with Gasteiger partial charge < -0.3 is 14.5 Å². The van der Waals surface area contributed by atoms with Gasteiger partial charge in [0.05, 0.1) is 18.4 Å². The number of furan rings is 1. The maximum Gasteiger partial charge on any atom is 0.124 e. The summed E-state index contributed by atoms with van der Waals surface area (Å²) in [4.78, 5) is 2.16. The fourth-order valence-corrected chi connectivity index (χ4v) is 2.38. The van der Waals surface area contributed by atoms with Crippen LogP contribution in [-0.4, -0.2) is 31.6 Å². The van der Waals surface area contributed by atoms with E-state index in [2.05, 4.69) is 30.4 Å². The summed E-state index contributed by atoms with van der Waals surface area (Å²) < 4.78 is 11.4. The molecular formula is C18H26N2O2. The van der Waals surface area contributed by atoms with Crippen molar-refractivity contribution in [3.05, 3.63) is 54.0 Å². The first-order chi connectivity index (χ1) is 10.6. The summed E-state index contributed by atoms with van der Waals surface area (Å²) in [5.41, 5.74) is 1.17. The number of hydrogen-bond donors (Lipinski definition) is 1. The number of hydrogen-bond acceptors (Lipinski definition) is 4. The van der Waals surface area contributed by atoms with Gasteiger partial charge >= 0.3 is 0 Å². The molecule has 2 aromatic rings. The summed E-state index contributed by atoms with van der Waals surface area (Å²) in [5, 5.41) is 3.50. The van der Waals surface area contributed by atoms with Gasteiger partial charge in [-0.25, -0.2) is 0 Å². The molecule has 4 heteroatoms. The molecule has 0 aliphatic rings. The Morgan fingerprint density at radius 1 is 1.14 bits per heavy atom. The second-order valence-electron chi connectivity index (χ2n) is 5.90. The van der Waals surface area contributed by atoms with E-state index in [1.165, 1.54) is 5.56 Å². The topological polar surface area (TPSA) is 37.6 Å². The van der Waals surface area contributed by atoms with Crippen LogP contribution in [0.25, 0.3) is 0 Å². The Hall–Kier alpha value is -1.78. The van der Waals surface area contributed by atoms with Crippen molar-refractivity contribution in [1.82, 2.24) is 10.2 Å². The van der Waals surface area contributed by atoms with Crippen LogP contribution in [0.2, 0.25) is 0 Å². The van der Waals surface area contributed by atoms with Crippen molar-refractivity contribution in [2.24, 2.45) is 0 Å². The third-order valence-corrected chi connectivity index (χ3v) is 3.48. The molecule has 0 fully saturated rings. The average Bonchev–Trinajstić information content (AvgIpc) is 2.98. The number of nitrogens with one attached hydrogen (secondary N) is 1. The Morgan fingerprint density at radius 2 is 1.91 bits per heavy atom. The van der Waals surface area contributed by atoms with Crippen molar-refractivity contribution in [2.45, 2.75) is 32.5 Å². The molecule has 1 N–H and O–H groups in total. The molecule has 4 nitrogen and oxygen atoms in total. The zero-order valence-electron chi connectivity index (χ0n) is 13.9. The second-order valence-corrected chi connectivity index (χ2v) is 5.90. The first-order valence-corrected chi connectivity index (χ1v) is 7.73. The van der Waals surface area contributed by atoms with Crippen LogP contribution in [0.3, 0.4) is 0 Å². The molecule has 0 radical (unpaired) electrons. The van der Waals surface area contributed by atoms with Crippen molar-refractivity contribution in [3.63, 3.8) is 0 Å². The van der Waals surface area contributed by atoms with E-state index in [0.717, 1.165) is 24.6 Å². The van der Waals surface area contributed by atoms with E-state index in [4.69, 9.17) is 9.15 Å². The average molecular weight is 302 g/mol. The summed E-state index contributed by atoms with van der Waals surface area (Å²) >= 11 is 0. The Balaban J connectivity index is 1.95. The first-order valence-electron chi connectivity index (χ1n) is 7.73. The maximum atomic E-state index is 5.85. The zero-order valence-corrected chi connectivity index (χ0v) is 13.9. The van der Waals surface area contributed by atoms with Crippen LogP contribution < -0.4 is 10.1 Å². The highest BCUT2D eigenvalue weighted by Gasteiger charge is 2.16. The van der Waals surface area contributed by atoms with E-state index in [1.54, 1.807) is 6.26 Å². The molecule has 0 saturated heterocycles. The molecule has 2 rings (SSSR count). The summed E-state index contributed by atoms with van der Waals surface area (Å²) in [7, 11) is 4.12. The lowest BCUT2D eigenvalue weighted by molar-refractivity contribution is 0.236. The van der Waals surface area contributed by atoms with Crippen LogP contribution in [0.4, 0.5) is 0 Å². The zero-order chi connectivity index (χ0) is 15.9. The highest BCUT2D eigenvalue weighted by atomic mass is 16.5. The van der Waals surface area contributed by atoms with Crippen LogP contribution in [0.5, 0.6) is 5.75 Å². The standard InChI is InChI=1S/C18H26N2O2/c1-14(2)22-17-9-6-5-8-15(17)12-19-13-16(20(3)4)18-10-7-11-21-18/h5-11,14,16,19H,12-13H2,1-4H3. The van der Waals surface area contributed by atoms with Crippen molar-refractivity contribution in [3.8, 4) is 5.75 Å². The molecule has 1 atom stereocenters. The fraction of sp³-hybridized carbons (Fsp3) is 0.444. The smallest absolute Gasteiger partial charge is 0.124 e. The largest absolute Gasteiger partial charge is 0.491 e. The lowest BCUT2D eigenvalue weighted by atomic mass is 10.1. The molecule has 1 aromatic carbocycles. The monoisotopic (exact) mass is 302 g/mol. The van der Waals surface area contributed by atoms with Crippen molar-refractivity contribution < 1.29 is 9.15 Å². The molecule has 0 aliphatic carbocycles. The van der Waals surface area contributed by atoms with Gasteiger partial charge in [0.15, 0.2) is 0 Å². The number of para-hydroxylation sites is 1. The molecule has 120 valence electrons. The van der Waals surface area contributed by atoms with Gasteiger partial charge in [0.2, 0.25) is 0 Å². The van der Waals surface area contributed by atoms with E-state index < -0.39 is 0 Å². The Kier molecular flexibility index (Phi) is 6.04. The summed E-state index contributed by atoms with van der Waals surface area (Å²) in [5.74, 6) is 1.92. The SMILES string of the molecule is CC(C)Oc1ccccc1CNCC(c1ccco1)N(C)C.